The van der Waals surface area contributed by atoms with Gasteiger partial charge in [-0.1, -0.05) is 36.4 Å². The third-order valence-electron chi connectivity index (χ3n) is 7.11. The summed E-state index contributed by atoms with van der Waals surface area (Å²) in [5.74, 6) is 1.60. The van der Waals surface area contributed by atoms with Gasteiger partial charge in [-0.3, -0.25) is 14.5 Å². The molecule has 2 heterocycles. The smallest absolute Gasteiger partial charge is 0.254 e. The molecule has 2 aliphatic rings. The van der Waals surface area contributed by atoms with Crippen LogP contribution in [-0.4, -0.2) is 80.0 Å². The molecule has 0 saturated carbocycles. The number of ether oxygens (including phenoxy) is 2. The average Bonchev–Trinajstić information content (AvgIpc) is 2.91. The Labute approximate surface area is 205 Å². The molecule has 0 atom stereocenters. The molecule has 2 amide bonds. The van der Waals surface area contributed by atoms with Crippen LogP contribution in [0.1, 0.15) is 21.5 Å². The number of amides is 2. The van der Waals surface area contributed by atoms with Crippen molar-refractivity contribution in [1.29, 1.82) is 0 Å². The largest absolute Gasteiger partial charge is 0.493 e. The Balaban J connectivity index is 1.18. The summed E-state index contributed by atoms with van der Waals surface area (Å²) in [6.07, 6.45) is 0.800. The SMILES string of the molecule is COc1cc2c(cc1OC)CN(C(=O)CN1CCN(C(=O)c3cccc4ccccc34)CC1)CC2. The molecule has 0 radical (unpaired) electrons. The number of piperazine rings is 1. The van der Waals surface area contributed by atoms with Gasteiger partial charge in [0.2, 0.25) is 5.91 Å². The Morgan fingerprint density at radius 1 is 0.800 bits per heavy atom. The molecule has 0 N–H and O–H groups in total. The zero-order valence-electron chi connectivity index (χ0n) is 20.3. The molecule has 2 aliphatic heterocycles. The second-order valence-corrected chi connectivity index (χ2v) is 9.14. The van der Waals surface area contributed by atoms with Crippen molar-refractivity contribution in [1.82, 2.24) is 14.7 Å². The van der Waals surface area contributed by atoms with E-state index in [-0.39, 0.29) is 11.8 Å². The summed E-state index contributed by atoms with van der Waals surface area (Å²) >= 11 is 0. The van der Waals surface area contributed by atoms with Gasteiger partial charge in [0.15, 0.2) is 11.5 Å². The number of hydrogen-bond acceptors (Lipinski definition) is 5. The van der Waals surface area contributed by atoms with Gasteiger partial charge in [0.1, 0.15) is 0 Å². The summed E-state index contributed by atoms with van der Waals surface area (Å²) in [7, 11) is 3.26. The lowest BCUT2D eigenvalue weighted by atomic mass is 9.98. The molecule has 0 bridgehead atoms. The van der Waals surface area contributed by atoms with E-state index < -0.39 is 0 Å². The van der Waals surface area contributed by atoms with Crippen molar-refractivity contribution in [3.05, 3.63) is 71.3 Å². The fourth-order valence-corrected chi connectivity index (χ4v) is 5.08. The number of rotatable bonds is 5. The molecule has 0 aliphatic carbocycles. The minimum absolute atomic E-state index is 0.0600. The average molecular weight is 474 g/mol. The van der Waals surface area contributed by atoms with Gasteiger partial charge < -0.3 is 19.3 Å². The van der Waals surface area contributed by atoms with Gasteiger partial charge in [-0.25, -0.2) is 0 Å². The van der Waals surface area contributed by atoms with Gasteiger partial charge in [0, 0.05) is 44.8 Å². The van der Waals surface area contributed by atoms with Gasteiger partial charge in [0.25, 0.3) is 5.91 Å². The number of carbonyl (C=O) groups excluding carboxylic acids is 2. The fraction of sp³-hybridized carbons (Fsp3) is 0.357. The summed E-state index contributed by atoms with van der Waals surface area (Å²) in [6, 6.07) is 17.8. The molecular formula is C28H31N3O4. The molecule has 182 valence electrons. The summed E-state index contributed by atoms with van der Waals surface area (Å²) in [5, 5.41) is 2.05. The molecular weight excluding hydrogens is 442 g/mol. The molecule has 0 aromatic heterocycles. The Kier molecular flexibility index (Phi) is 6.59. The molecule has 7 nitrogen and oxygen atoms in total. The molecule has 0 unspecified atom stereocenters. The Morgan fingerprint density at radius 3 is 2.23 bits per heavy atom. The first-order chi connectivity index (χ1) is 17.1. The third-order valence-corrected chi connectivity index (χ3v) is 7.11. The zero-order chi connectivity index (χ0) is 24.4. The number of carbonyl (C=O) groups is 2. The Bertz CT molecular complexity index is 1240. The van der Waals surface area contributed by atoms with Crippen LogP contribution in [0.15, 0.2) is 54.6 Å². The lowest BCUT2D eigenvalue weighted by Gasteiger charge is -2.36. The quantitative estimate of drug-likeness (QED) is 0.570. The van der Waals surface area contributed by atoms with Crippen LogP contribution in [0.25, 0.3) is 10.8 Å². The maximum Gasteiger partial charge on any atom is 0.254 e. The first-order valence-electron chi connectivity index (χ1n) is 12.1. The zero-order valence-corrected chi connectivity index (χ0v) is 20.3. The molecule has 7 heteroatoms. The first kappa shape index (κ1) is 23.2. The van der Waals surface area contributed by atoms with Crippen molar-refractivity contribution in [3.8, 4) is 11.5 Å². The topological polar surface area (TPSA) is 62.3 Å². The van der Waals surface area contributed by atoms with E-state index in [4.69, 9.17) is 9.47 Å². The van der Waals surface area contributed by atoms with Crippen LogP contribution < -0.4 is 9.47 Å². The number of methoxy groups -OCH3 is 2. The fourth-order valence-electron chi connectivity index (χ4n) is 5.08. The minimum Gasteiger partial charge on any atom is -0.493 e. The van der Waals surface area contributed by atoms with Crippen molar-refractivity contribution in [2.45, 2.75) is 13.0 Å². The van der Waals surface area contributed by atoms with Gasteiger partial charge in [0.05, 0.1) is 20.8 Å². The van der Waals surface area contributed by atoms with Crippen molar-refractivity contribution < 1.29 is 19.1 Å². The van der Waals surface area contributed by atoms with Crippen LogP contribution in [-0.2, 0) is 17.8 Å². The van der Waals surface area contributed by atoms with Gasteiger partial charge >= 0.3 is 0 Å². The summed E-state index contributed by atoms with van der Waals surface area (Å²) in [6.45, 7) is 4.27. The van der Waals surface area contributed by atoms with Gasteiger partial charge in [-0.2, -0.15) is 0 Å². The second-order valence-electron chi connectivity index (χ2n) is 9.14. The molecule has 35 heavy (non-hydrogen) atoms. The standard InChI is InChI=1S/C28H31N3O4/c1-34-25-16-21-10-11-31(18-22(21)17-26(25)35-2)27(32)19-29-12-14-30(15-13-29)28(33)24-9-5-7-20-6-3-4-8-23(20)24/h3-9,16-17H,10-15,18-19H2,1-2H3. The van der Waals surface area contributed by atoms with E-state index in [0.717, 1.165) is 34.1 Å². The molecule has 1 saturated heterocycles. The molecule has 0 spiro atoms. The maximum absolute atomic E-state index is 13.2. The van der Waals surface area contributed by atoms with Gasteiger partial charge in [-0.05, 0) is 46.5 Å². The maximum atomic E-state index is 13.2. The van der Waals surface area contributed by atoms with Crippen LogP contribution in [0.3, 0.4) is 0 Å². The molecule has 3 aromatic rings. The highest BCUT2D eigenvalue weighted by atomic mass is 16.5. The molecule has 5 rings (SSSR count). The predicted octanol–water partition coefficient (Wildman–Crippen LogP) is 3.20. The molecule has 1 fully saturated rings. The van der Waals surface area contributed by atoms with Crippen LogP contribution >= 0.6 is 0 Å². The molecule has 3 aromatic carbocycles. The normalized spacial score (nSPS) is 16.2. The monoisotopic (exact) mass is 473 g/mol. The Morgan fingerprint density at radius 2 is 1.49 bits per heavy atom. The summed E-state index contributed by atoms with van der Waals surface area (Å²) < 4.78 is 10.8. The van der Waals surface area contributed by atoms with Crippen molar-refractivity contribution in [2.24, 2.45) is 0 Å². The summed E-state index contributed by atoms with van der Waals surface area (Å²) in [4.78, 5) is 32.3. The van der Waals surface area contributed by atoms with Crippen LogP contribution in [0.4, 0.5) is 0 Å². The van der Waals surface area contributed by atoms with E-state index in [1.54, 1.807) is 14.2 Å². The first-order valence-corrected chi connectivity index (χ1v) is 12.1. The van der Waals surface area contributed by atoms with Gasteiger partial charge in [-0.15, -0.1) is 0 Å². The number of hydrogen-bond donors (Lipinski definition) is 0. The number of nitrogens with zero attached hydrogens (tertiary/aromatic N) is 3. The number of benzene rings is 3. The van der Waals surface area contributed by atoms with Crippen LogP contribution in [0, 0.1) is 0 Å². The van der Waals surface area contributed by atoms with Crippen molar-refractivity contribution >= 4 is 22.6 Å². The van der Waals surface area contributed by atoms with E-state index in [2.05, 4.69) is 4.90 Å². The summed E-state index contributed by atoms with van der Waals surface area (Å²) in [5.41, 5.74) is 3.05. The lowest BCUT2D eigenvalue weighted by molar-refractivity contribution is -0.133. The van der Waals surface area contributed by atoms with Crippen molar-refractivity contribution in [2.75, 3.05) is 53.5 Å². The predicted molar refractivity (Wildman–Crippen MR) is 135 cm³/mol. The highest BCUT2D eigenvalue weighted by molar-refractivity contribution is 6.07. The van der Waals surface area contributed by atoms with Crippen LogP contribution in [0.2, 0.25) is 0 Å². The van der Waals surface area contributed by atoms with Crippen LogP contribution in [0.5, 0.6) is 11.5 Å². The van der Waals surface area contributed by atoms with Crippen molar-refractivity contribution in [3.63, 3.8) is 0 Å². The van der Waals surface area contributed by atoms with E-state index >= 15 is 0 Å². The Hall–Kier alpha value is -3.58. The van der Waals surface area contributed by atoms with E-state index in [1.807, 2.05) is 64.4 Å². The second kappa shape index (κ2) is 9.96. The highest BCUT2D eigenvalue weighted by Crippen LogP contribution is 2.33. The third kappa shape index (κ3) is 4.68. The van der Waals surface area contributed by atoms with E-state index in [1.165, 1.54) is 5.56 Å². The van der Waals surface area contributed by atoms with E-state index in [0.29, 0.717) is 51.6 Å². The van der Waals surface area contributed by atoms with E-state index in [9.17, 15) is 9.59 Å². The highest BCUT2D eigenvalue weighted by Gasteiger charge is 2.27. The number of fused-ring (bicyclic) bond motifs is 2. The lowest BCUT2D eigenvalue weighted by Crippen LogP contribution is -2.52. The minimum atomic E-state index is 0.0600.